The number of aryl methyl sites for hydroxylation is 1. The minimum absolute atomic E-state index is 0.00173. The molecule has 6 heterocycles. The molecule has 11 heteroatoms. The fraction of sp³-hybridized carbons (Fsp3) is 0.360. The Morgan fingerprint density at radius 2 is 1.78 bits per heavy atom. The summed E-state index contributed by atoms with van der Waals surface area (Å²) in [5.74, 6) is 0.123. The average molecular weight is 486 g/mol. The monoisotopic (exact) mass is 485 g/mol. The van der Waals surface area contributed by atoms with E-state index in [2.05, 4.69) is 15.2 Å². The molecule has 4 N–H and O–H groups in total. The molecule has 2 aliphatic rings. The van der Waals surface area contributed by atoms with Crippen LogP contribution < -0.4 is 11.5 Å². The zero-order valence-electron chi connectivity index (χ0n) is 20.1. The third-order valence-electron chi connectivity index (χ3n) is 7.51. The predicted octanol–water partition coefficient (Wildman–Crippen LogP) is 2.77. The van der Waals surface area contributed by atoms with E-state index in [1.165, 1.54) is 11.4 Å². The van der Waals surface area contributed by atoms with Gasteiger partial charge in [0.25, 0.3) is 0 Å². The number of anilines is 1. The Morgan fingerprint density at radius 3 is 2.36 bits per heavy atom. The number of carbonyl (C=O) groups excluding carboxylic acids is 2. The molecule has 2 fully saturated rings. The summed E-state index contributed by atoms with van der Waals surface area (Å²) < 4.78 is 3.26. The molecule has 4 aromatic rings. The standard InChI is InChI=1S/C25H27N9O2/c1-13(35)21-22(15-7-17-4-5-18(8-15)33(17)25(27)36)31-24-19(11-30-34(24)23(21)26)14-3-6-20(28-9-14)16-10-29-32(2)12-16/h3,6,9-12,15,17-18H,4-5,7-8,26H2,1-2H3,(H2,27,36)/t15?,17-,18+. The van der Waals surface area contributed by atoms with Crippen LogP contribution in [0.25, 0.3) is 28.0 Å². The third-order valence-corrected chi connectivity index (χ3v) is 7.51. The Morgan fingerprint density at radius 1 is 1.03 bits per heavy atom. The van der Waals surface area contributed by atoms with Crippen LogP contribution in [0.4, 0.5) is 10.6 Å². The topological polar surface area (TPSA) is 150 Å². The van der Waals surface area contributed by atoms with Crippen molar-refractivity contribution in [1.82, 2.24) is 34.3 Å². The summed E-state index contributed by atoms with van der Waals surface area (Å²) >= 11 is 0. The maximum absolute atomic E-state index is 12.7. The molecule has 0 saturated carbocycles. The first-order valence-electron chi connectivity index (χ1n) is 12.0. The SMILES string of the molecule is CC(=O)c1c(C2C[C@H]3CC[C@@H](C2)N3C(N)=O)nc2c(-c3ccc(-c4cnn(C)c4)nc3)cnn2c1N. The first kappa shape index (κ1) is 22.2. The number of piperidine rings is 1. The molecule has 2 bridgehead atoms. The van der Waals surface area contributed by atoms with Gasteiger partial charge in [0.2, 0.25) is 0 Å². The largest absolute Gasteiger partial charge is 0.383 e. The minimum atomic E-state index is -0.379. The van der Waals surface area contributed by atoms with Crippen LogP contribution in [0.1, 0.15) is 54.6 Å². The molecular formula is C25H27N9O2. The predicted molar refractivity (Wildman–Crippen MR) is 133 cm³/mol. The molecule has 0 aromatic carbocycles. The Kier molecular flexibility index (Phi) is 5.02. The van der Waals surface area contributed by atoms with Crippen molar-refractivity contribution in [2.45, 2.75) is 50.6 Å². The van der Waals surface area contributed by atoms with Crippen LogP contribution in [-0.2, 0) is 7.05 Å². The highest BCUT2D eigenvalue weighted by Crippen LogP contribution is 2.44. The van der Waals surface area contributed by atoms with E-state index in [1.807, 2.05) is 25.4 Å². The summed E-state index contributed by atoms with van der Waals surface area (Å²) in [5, 5.41) is 8.66. The van der Waals surface area contributed by atoms with Gasteiger partial charge in [0, 0.05) is 54.1 Å². The fourth-order valence-corrected chi connectivity index (χ4v) is 5.93. The number of fused-ring (bicyclic) bond motifs is 3. The number of urea groups is 1. The highest BCUT2D eigenvalue weighted by molar-refractivity contribution is 6.00. The summed E-state index contributed by atoms with van der Waals surface area (Å²) in [6.07, 6.45) is 10.4. The van der Waals surface area contributed by atoms with E-state index in [0.29, 0.717) is 29.7 Å². The van der Waals surface area contributed by atoms with Crippen molar-refractivity contribution in [3.8, 4) is 22.4 Å². The molecule has 1 unspecified atom stereocenters. The van der Waals surface area contributed by atoms with Crippen LogP contribution in [0.2, 0.25) is 0 Å². The Bertz CT molecular complexity index is 1490. The summed E-state index contributed by atoms with van der Waals surface area (Å²) in [6.45, 7) is 1.50. The second kappa shape index (κ2) is 8.14. The lowest BCUT2D eigenvalue weighted by atomic mass is 9.85. The van der Waals surface area contributed by atoms with Gasteiger partial charge in [-0.2, -0.15) is 14.7 Å². The number of ketones is 1. The molecule has 11 nitrogen and oxygen atoms in total. The van der Waals surface area contributed by atoms with Gasteiger partial charge in [0.15, 0.2) is 11.4 Å². The number of nitrogens with two attached hydrogens (primary N) is 2. The average Bonchev–Trinajstić information content (AvgIpc) is 3.54. The third kappa shape index (κ3) is 3.42. The van der Waals surface area contributed by atoms with Gasteiger partial charge in [-0.25, -0.2) is 9.78 Å². The lowest BCUT2D eigenvalue weighted by molar-refractivity contribution is 0.101. The molecular weight excluding hydrogens is 458 g/mol. The Labute approximate surface area is 207 Å². The Balaban J connectivity index is 1.42. The van der Waals surface area contributed by atoms with Crippen molar-refractivity contribution in [3.05, 3.63) is 48.2 Å². The number of hydrogen-bond acceptors (Lipinski definition) is 7. The normalized spacial score (nSPS) is 21.3. The van der Waals surface area contributed by atoms with Crippen LogP contribution in [0.5, 0.6) is 0 Å². The number of hydrogen-bond donors (Lipinski definition) is 2. The number of primary amides is 1. The fourth-order valence-electron chi connectivity index (χ4n) is 5.93. The van der Waals surface area contributed by atoms with Crippen LogP contribution >= 0.6 is 0 Å². The van der Waals surface area contributed by atoms with Gasteiger partial charge in [-0.3, -0.25) is 14.5 Å². The molecule has 2 aliphatic heterocycles. The second-order valence-corrected chi connectivity index (χ2v) is 9.74. The summed E-state index contributed by atoms with van der Waals surface area (Å²) in [5.41, 5.74) is 17.2. The first-order valence-corrected chi connectivity index (χ1v) is 12.0. The van der Waals surface area contributed by atoms with Crippen LogP contribution in [-0.4, -0.2) is 58.2 Å². The van der Waals surface area contributed by atoms with Crippen molar-refractivity contribution in [2.75, 3.05) is 5.73 Å². The van der Waals surface area contributed by atoms with Gasteiger partial charge in [0.1, 0.15) is 5.82 Å². The van der Waals surface area contributed by atoms with Gasteiger partial charge < -0.3 is 16.4 Å². The zero-order chi connectivity index (χ0) is 25.1. The number of nitrogens with zero attached hydrogens (tertiary/aromatic N) is 7. The molecule has 3 atom stereocenters. The molecule has 2 saturated heterocycles. The van der Waals surface area contributed by atoms with Gasteiger partial charge in [-0.05, 0) is 38.7 Å². The molecule has 0 radical (unpaired) electrons. The van der Waals surface area contributed by atoms with Gasteiger partial charge in [-0.15, -0.1) is 0 Å². The van der Waals surface area contributed by atoms with E-state index in [9.17, 15) is 9.59 Å². The van der Waals surface area contributed by atoms with Crippen LogP contribution in [0, 0.1) is 0 Å². The second-order valence-electron chi connectivity index (χ2n) is 9.74. The minimum Gasteiger partial charge on any atom is -0.383 e. The molecule has 36 heavy (non-hydrogen) atoms. The van der Waals surface area contributed by atoms with Crippen LogP contribution in [0.3, 0.4) is 0 Å². The molecule has 184 valence electrons. The quantitative estimate of drug-likeness (QED) is 0.422. The van der Waals surface area contributed by atoms with Gasteiger partial charge in [0.05, 0.1) is 29.3 Å². The van der Waals surface area contributed by atoms with Crippen molar-refractivity contribution in [1.29, 1.82) is 0 Å². The number of aromatic nitrogens is 6. The van der Waals surface area contributed by atoms with E-state index < -0.39 is 0 Å². The van der Waals surface area contributed by atoms with E-state index >= 15 is 0 Å². The van der Waals surface area contributed by atoms with Crippen molar-refractivity contribution < 1.29 is 9.59 Å². The van der Waals surface area contributed by atoms with Crippen LogP contribution in [0.15, 0.2) is 36.9 Å². The van der Waals surface area contributed by atoms with Gasteiger partial charge in [-0.1, -0.05) is 6.07 Å². The number of carbonyl (C=O) groups is 2. The number of rotatable bonds is 4. The van der Waals surface area contributed by atoms with Crippen molar-refractivity contribution >= 4 is 23.3 Å². The van der Waals surface area contributed by atoms with Crippen molar-refractivity contribution in [2.24, 2.45) is 12.8 Å². The Hall–Kier alpha value is -4.28. The lowest BCUT2D eigenvalue weighted by Crippen LogP contribution is -2.48. The molecule has 0 aliphatic carbocycles. The highest BCUT2D eigenvalue weighted by atomic mass is 16.2. The van der Waals surface area contributed by atoms with Crippen molar-refractivity contribution in [3.63, 3.8) is 0 Å². The first-order chi connectivity index (χ1) is 17.3. The number of amides is 2. The van der Waals surface area contributed by atoms with Gasteiger partial charge >= 0.3 is 6.03 Å². The maximum atomic E-state index is 12.7. The molecule has 2 amide bonds. The molecule has 6 rings (SSSR count). The zero-order valence-corrected chi connectivity index (χ0v) is 20.1. The highest BCUT2D eigenvalue weighted by Gasteiger charge is 2.44. The van der Waals surface area contributed by atoms with E-state index in [1.54, 1.807) is 28.2 Å². The number of pyridine rings is 1. The van der Waals surface area contributed by atoms with E-state index in [4.69, 9.17) is 16.5 Å². The smallest absolute Gasteiger partial charge is 0.315 e. The number of nitrogen functional groups attached to an aromatic ring is 1. The summed E-state index contributed by atoms with van der Waals surface area (Å²) in [7, 11) is 1.86. The molecule has 4 aromatic heterocycles. The number of Topliss-reactive ketones (excluding diaryl/α,β-unsaturated/α-hetero) is 1. The lowest BCUT2D eigenvalue weighted by Gasteiger charge is -2.38. The van der Waals surface area contributed by atoms with E-state index in [-0.39, 0.29) is 35.6 Å². The van der Waals surface area contributed by atoms with E-state index in [0.717, 1.165) is 35.2 Å². The summed E-state index contributed by atoms with van der Waals surface area (Å²) in [4.78, 5) is 36.1. The molecule has 0 spiro atoms. The maximum Gasteiger partial charge on any atom is 0.315 e. The summed E-state index contributed by atoms with van der Waals surface area (Å²) in [6, 6.07) is 3.63.